The van der Waals surface area contributed by atoms with Gasteiger partial charge in [0.05, 0.1) is 12.5 Å². The van der Waals surface area contributed by atoms with Crippen molar-refractivity contribution in [3.63, 3.8) is 0 Å². The first-order chi connectivity index (χ1) is 13.6. The van der Waals surface area contributed by atoms with E-state index in [1.54, 1.807) is 43.1 Å². The van der Waals surface area contributed by atoms with Crippen molar-refractivity contribution in [3.8, 4) is 5.75 Å². The van der Waals surface area contributed by atoms with Gasteiger partial charge in [-0.3, -0.25) is 4.79 Å². The number of aryl methyl sites for hydroxylation is 2. The fourth-order valence-corrected chi connectivity index (χ4v) is 4.62. The summed E-state index contributed by atoms with van der Waals surface area (Å²) >= 11 is 1.71. The number of nitrogens with one attached hydrogen (secondary N) is 1. The largest absolute Gasteiger partial charge is 0.493 e. The van der Waals surface area contributed by atoms with Gasteiger partial charge in [-0.1, -0.05) is 0 Å². The second-order valence-corrected chi connectivity index (χ2v) is 8.17. The molecule has 146 valence electrons. The highest BCUT2D eigenvalue weighted by atomic mass is 32.1. The number of amides is 1. The molecule has 4 heterocycles. The minimum absolute atomic E-state index is 0.00737. The number of piperidine rings is 1. The van der Waals surface area contributed by atoms with E-state index in [-0.39, 0.29) is 11.8 Å². The molecule has 0 unspecified atom stereocenters. The molecular weight excluding hydrogens is 374 g/mol. The molecule has 7 nitrogen and oxygen atoms in total. The number of hydrogen-bond donors (Lipinski definition) is 1. The smallest absolute Gasteiger partial charge is 0.228 e. The summed E-state index contributed by atoms with van der Waals surface area (Å²) in [6, 6.07) is 3.57. The molecule has 1 saturated heterocycles. The van der Waals surface area contributed by atoms with E-state index in [0.717, 1.165) is 42.0 Å². The quantitative estimate of drug-likeness (QED) is 0.725. The topological polar surface area (TPSA) is 80.2 Å². The summed E-state index contributed by atoms with van der Waals surface area (Å²) in [5.74, 6) is 1.97. The van der Waals surface area contributed by atoms with Crippen LogP contribution in [0, 0.1) is 19.8 Å². The summed E-state index contributed by atoms with van der Waals surface area (Å²) in [6.45, 7) is 5.82. The Bertz CT molecular complexity index is 1010. The molecule has 0 atom stereocenters. The van der Waals surface area contributed by atoms with Crippen molar-refractivity contribution in [3.05, 3.63) is 35.1 Å². The normalized spacial score (nSPS) is 15.0. The zero-order valence-electron chi connectivity index (χ0n) is 16.2. The molecule has 4 rings (SSSR count). The first-order valence-corrected chi connectivity index (χ1v) is 10.2. The van der Waals surface area contributed by atoms with E-state index in [9.17, 15) is 4.79 Å². The Labute approximate surface area is 167 Å². The van der Waals surface area contributed by atoms with E-state index in [1.165, 1.54) is 10.4 Å². The number of aromatic nitrogens is 3. The Morgan fingerprint density at radius 2 is 2.04 bits per heavy atom. The van der Waals surface area contributed by atoms with E-state index >= 15 is 0 Å². The third kappa shape index (κ3) is 3.40. The number of rotatable bonds is 4. The molecule has 1 amide bonds. The molecular formula is C20H23N5O2S. The van der Waals surface area contributed by atoms with Crippen LogP contribution in [0.4, 0.5) is 11.6 Å². The summed E-state index contributed by atoms with van der Waals surface area (Å²) in [5.41, 5.74) is 1.25. The zero-order chi connectivity index (χ0) is 19.7. The Kier molecular flexibility index (Phi) is 5.13. The van der Waals surface area contributed by atoms with E-state index < -0.39 is 0 Å². The van der Waals surface area contributed by atoms with Crippen LogP contribution in [0.2, 0.25) is 0 Å². The Balaban J connectivity index is 1.46. The predicted molar refractivity (Wildman–Crippen MR) is 111 cm³/mol. The van der Waals surface area contributed by atoms with Crippen LogP contribution >= 0.6 is 11.3 Å². The minimum atomic E-state index is -0.0504. The van der Waals surface area contributed by atoms with Gasteiger partial charge in [-0.05, 0) is 44.4 Å². The molecule has 0 saturated carbocycles. The summed E-state index contributed by atoms with van der Waals surface area (Å²) in [7, 11) is 1.57. The number of nitrogens with zero attached hydrogens (tertiary/aromatic N) is 4. The average molecular weight is 398 g/mol. The molecule has 1 N–H and O–H groups in total. The second-order valence-electron chi connectivity index (χ2n) is 6.97. The molecule has 0 bridgehead atoms. The molecule has 1 aliphatic rings. The van der Waals surface area contributed by atoms with Crippen LogP contribution in [-0.2, 0) is 4.79 Å². The van der Waals surface area contributed by atoms with E-state index in [0.29, 0.717) is 11.6 Å². The maximum absolute atomic E-state index is 12.7. The van der Waals surface area contributed by atoms with Crippen LogP contribution in [-0.4, -0.2) is 41.1 Å². The Hall–Kier alpha value is -2.74. The standard InChI is InChI=1S/C20H23N5O2S/c1-12-13(2)28-20-16(12)18(22-11-23-20)25-9-6-14(7-10-25)19(26)24-17-15(27-3)5-4-8-21-17/h4-5,8,11,14H,6-7,9-10H2,1-3H3,(H,21,24,26). The molecule has 1 fully saturated rings. The number of thiophene rings is 1. The molecule has 0 aliphatic carbocycles. The van der Waals surface area contributed by atoms with Crippen LogP contribution in [0.5, 0.6) is 5.75 Å². The number of hydrogen-bond acceptors (Lipinski definition) is 7. The Morgan fingerprint density at radius 1 is 1.25 bits per heavy atom. The number of fused-ring (bicyclic) bond motifs is 1. The number of ether oxygens (including phenoxy) is 1. The van der Waals surface area contributed by atoms with E-state index in [4.69, 9.17) is 4.74 Å². The maximum Gasteiger partial charge on any atom is 0.228 e. The molecule has 3 aromatic heterocycles. The summed E-state index contributed by atoms with van der Waals surface area (Å²) < 4.78 is 5.26. The van der Waals surface area contributed by atoms with E-state index in [2.05, 4.69) is 39.0 Å². The first kappa shape index (κ1) is 18.6. The van der Waals surface area contributed by atoms with Crippen LogP contribution in [0.3, 0.4) is 0 Å². The molecule has 28 heavy (non-hydrogen) atoms. The van der Waals surface area contributed by atoms with Crippen LogP contribution in [0.1, 0.15) is 23.3 Å². The average Bonchev–Trinajstić information content (AvgIpc) is 3.02. The van der Waals surface area contributed by atoms with Crippen LogP contribution in [0.15, 0.2) is 24.7 Å². The highest BCUT2D eigenvalue weighted by Gasteiger charge is 2.28. The van der Waals surface area contributed by atoms with Crippen LogP contribution < -0.4 is 15.0 Å². The predicted octanol–water partition coefficient (Wildman–Crippen LogP) is 3.57. The molecule has 0 spiro atoms. The number of methoxy groups -OCH3 is 1. The lowest BCUT2D eigenvalue weighted by molar-refractivity contribution is -0.120. The molecule has 8 heteroatoms. The Morgan fingerprint density at radius 3 is 2.79 bits per heavy atom. The lowest BCUT2D eigenvalue weighted by Crippen LogP contribution is -2.38. The van der Waals surface area contributed by atoms with Crippen molar-refractivity contribution in [2.24, 2.45) is 5.92 Å². The lowest BCUT2D eigenvalue weighted by atomic mass is 9.95. The summed E-state index contributed by atoms with van der Waals surface area (Å²) in [4.78, 5) is 30.5. The monoisotopic (exact) mass is 397 g/mol. The van der Waals surface area contributed by atoms with E-state index in [1.807, 2.05) is 0 Å². The number of carbonyl (C=O) groups excluding carboxylic acids is 1. The van der Waals surface area contributed by atoms with Gasteiger partial charge in [0.25, 0.3) is 0 Å². The molecule has 1 aliphatic heterocycles. The van der Waals surface area contributed by atoms with Gasteiger partial charge >= 0.3 is 0 Å². The SMILES string of the molecule is COc1cccnc1NC(=O)C1CCN(c2ncnc3sc(C)c(C)c23)CC1. The van der Waals surface area contributed by atoms with Gasteiger partial charge in [-0.15, -0.1) is 11.3 Å². The van der Waals surface area contributed by atoms with Gasteiger partial charge in [0.15, 0.2) is 11.6 Å². The second kappa shape index (κ2) is 7.71. The van der Waals surface area contributed by atoms with Crippen LogP contribution in [0.25, 0.3) is 10.2 Å². The van der Waals surface area contributed by atoms with Gasteiger partial charge in [-0.25, -0.2) is 15.0 Å². The third-order valence-electron chi connectivity index (χ3n) is 5.34. The van der Waals surface area contributed by atoms with Gasteiger partial charge in [0, 0.05) is 30.1 Å². The number of pyridine rings is 1. The fourth-order valence-electron chi connectivity index (χ4n) is 3.62. The van der Waals surface area contributed by atoms with Gasteiger partial charge < -0.3 is 15.0 Å². The summed E-state index contributed by atoms with van der Waals surface area (Å²) in [5, 5.41) is 4.05. The summed E-state index contributed by atoms with van der Waals surface area (Å²) in [6.07, 6.45) is 4.83. The lowest BCUT2D eigenvalue weighted by Gasteiger charge is -2.32. The van der Waals surface area contributed by atoms with Crippen molar-refractivity contribution in [2.45, 2.75) is 26.7 Å². The minimum Gasteiger partial charge on any atom is -0.493 e. The number of carbonyl (C=O) groups is 1. The number of anilines is 2. The molecule has 0 aromatic carbocycles. The van der Waals surface area contributed by atoms with Gasteiger partial charge in [0.2, 0.25) is 5.91 Å². The van der Waals surface area contributed by atoms with Crippen molar-refractivity contribution in [1.29, 1.82) is 0 Å². The van der Waals surface area contributed by atoms with Gasteiger partial charge in [-0.2, -0.15) is 0 Å². The zero-order valence-corrected chi connectivity index (χ0v) is 17.0. The van der Waals surface area contributed by atoms with Crippen molar-refractivity contribution < 1.29 is 9.53 Å². The highest BCUT2D eigenvalue weighted by Crippen LogP contribution is 2.35. The van der Waals surface area contributed by atoms with Crippen molar-refractivity contribution in [2.75, 3.05) is 30.4 Å². The fraction of sp³-hybridized carbons (Fsp3) is 0.400. The first-order valence-electron chi connectivity index (χ1n) is 9.34. The van der Waals surface area contributed by atoms with Crippen molar-refractivity contribution in [1.82, 2.24) is 15.0 Å². The van der Waals surface area contributed by atoms with Crippen molar-refractivity contribution >= 4 is 39.1 Å². The molecule has 0 radical (unpaired) electrons. The maximum atomic E-state index is 12.7. The highest BCUT2D eigenvalue weighted by molar-refractivity contribution is 7.18. The molecule has 3 aromatic rings. The van der Waals surface area contributed by atoms with Gasteiger partial charge in [0.1, 0.15) is 17.0 Å². The third-order valence-corrected chi connectivity index (χ3v) is 6.46.